The molecule has 0 aliphatic carbocycles. The molecule has 0 aliphatic heterocycles. The number of nitrogens with one attached hydrogen (secondary N) is 2. The summed E-state index contributed by atoms with van der Waals surface area (Å²) in [5.41, 5.74) is 2.56. The van der Waals surface area contributed by atoms with Crippen LogP contribution >= 0.6 is 15.9 Å². The maximum absolute atomic E-state index is 13.8. The van der Waals surface area contributed by atoms with Crippen LogP contribution in [-0.4, -0.2) is 36.3 Å². The molecule has 0 atom stereocenters. The van der Waals surface area contributed by atoms with Crippen LogP contribution in [0.15, 0.2) is 94.5 Å². The molecule has 0 aliphatic rings. The third kappa shape index (κ3) is 7.07. The van der Waals surface area contributed by atoms with Gasteiger partial charge < -0.3 is 19.2 Å². The molecule has 236 valence electrons. The number of fused-ring (bicyclic) bond motifs is 1. The zero-order valence-electron chi connectivity index (χ0n) is 24.6. The van der Waals surface area contributed by atoms with Gasteiger partial charge in [0.25, 0.3) is 5.91 Å². The first-order valence-corrected chi connectivity index (χ1v) is 14.9. The Morgan fingerprint density at radius 2 is 1.61 bits per heavy atom. The van der Waals surface area contributed by atoms with Crippen LogP contribution in [0.25, 0.3) is 22.0 Å². The summed E-state index contributed by atoms with van der Waals surface area (Å²) in [5, 5.41) is 4.27. The Bertz CT molecular complexity index is 1920. The number of hydrazone groups is 1. The molecular formula is C34H27BrF3N3O5. The number of aromatic amines is 1. The molecule has 0 spiro atoms. The van der Waals surface area contributed by atoms with Gasteiger partial charge >= 0.3 is 12.1 Å². The summed E-state index contributed by atoms with van der Waals surface area (Å²) in [4.78, 5) is 29.1. The second kappa shape index (κ2) is 13.9. The van der Waals surface area contributed by atoms with Crippen molar-refractivity contribution in [2.24, 2.45) is 5.10 Å². The lowest BCUT2D eigenvalue weighted by molar-refractivity contribution is -0.136. The number of amides is 1. The van der Waals surface area contributed by atoms with Crippen molar-refractivity contribution in [3.63, 3.8) is 0 Å². The van der Waals surface area contributed by atoms with Gasteiger partial charge in [-0.1, -0.05) is 58.4 Å². The van der Waals surface area contributed by atoms with E-state index in [9.17, 15) is 22.8 Å². The highest BCUT2D eigenvalue weighted by molar-refractivity contribution is 9.10. The van der Waals surface area contributed by atoms with Crippen LogP contribution in [0.4, 0.5) is 13.2 Å². The number of carbonyl (C=O) groups excluding carboxylic acids is 2. The first kappa shape index (κ1) is 32.3. The van der Waals surface area contributed by atoms with Crippen LogP contribution in [0.5, 0.6) is 17.2 Å². The van der Waals surface area contributed by atoms with E-state index in [1.807, 2.05) is 13.8 Å². The molecule has 5 rings (SSSR count). The fraction of sp³-hybridized carbons (Fsp3) is 0.147. The van der Waals surface area contributed by atoms with Gasteiger partial charge in [-0.15, -0.1) is 0 Å². The second-order valence-corrected chi connectivity index (χ2v) is 10.7. The molecule has 1 heterocycles. The zero-order valence-corrected chi connectivity index (χ0v) is 26.2. The van der Waals surface area contributed by atoms with Crippen LogP contribution in [-0.2, 0) is 6.18 Å². The molecule has 4 aromatic carbocycles. The number of rotatable bonds is 10. The normalized spacial score (nSPS) is 11.5. The molecule has 8 nitrogen and oxygen atoms in total. The van der Waals surface area contributed by atoms with Gasteiger partial charge in [-0.05, 0) is 61.9 Å². The molecule has 2 N–H and O–H groups in total. The van der Waals surface area contributed by atoms with E-state index in [-0.39, 0.29) is 27.9 Å². The van der Waals surface area contributed by atoms with Crippen LogP contribution < -0.4 is 19.6 Å². The average Bonchev–Trinajstić information content (AvgIpc) is 3.43. The molecule has 0 fully saturated rings. The fourth-order valence-corrected chi connectivity index (χ4v) is 5.17. The van der Waals surface area contributed by atoms with E-state index in [4.69, 9.17) is 14.2 Å². The molecule has 1 amide bonds. The standard InChI is InChI=1S/C34H27BrF3N3O5/c1-3-44-27-15-13-21(18-28(27)45-4-2)33(43)46-26-16-14-23(35)17-22(26)19-39-41-32(42)31-29(20-9-6-5-7-10-20)24-11-8-12-25(30(24)40-31)34(36,37)38/h5-19,40H,3-4H2,1-2H3,(H,41,42). The molecule has 0 unspecified atom stereocenters. The van der Waals surface area contributed by atoms with E-state index in [0.717, 1.165) is 6.07 Å². The molecule has 5 aromatic rings. The fourth-order valence-electron chi connectivity index (χ4n) is 4.80. The summed E-state index contributed by atoms with van der Waals surface area (Å²) in [5.74, 6) is -0.410. The number of carbonyl (C=O) groups is 2. The topological polar surface area (TPSA) is 102 Å². The number of benzene rings is 4. The Morgan fingerprint density at radius 3 is 2.33 bits per heavy atom. The van der Waals surface area contributed by atoms with Gasteiger partial charge in [-0.3, -0.25) is 4.79 Å². The highest BCUT2D eigenvalue weighted by Crippen LogP contribution is 2.39. The summed E-state index contributed by atoms with van der Waals surface area (Å²) in [6, 6.07) is 21.9. The van der Waals surface area contributed by atoms with E-state index in [0.29, 0.717) is 45.9 Å². The van der Waals surface area contributed by atoms with E-state index in [1.54, 1.807) is 60.7 Å². The highest BCUT2D eigenvalue weighted by atomic mass is 79.9. The summed E-state index contributed by atoms with van der Waals surface area (Å²) in [6.45, 7) is 4.44. The predicted octanol–water partition coefficient (Wildman–Crippen LogP) is 8.40. The number of esters is 1. The molecule has 0 bridgehead atoms. The first-order chi connectivity index (χ1) is 22.1. The quantitative estimate of drug-likeness (QED) is 0.0662. The van der Waals surface area contributed by atoms with Crippen molar-refractivity contribution in [3.05, 3.63) is 112 Å². The molecule has 0 saturated heterocycles. The van der Waals surface area contributed by atoms with Crippen molar-refractivity contribution in [1.29, 1.82) is 0 Å². The molecule has 0 radical (unpaired) electrons. The number of alkyl halides is 3. The van der Waals surface area contributed by atoms with Gasteiger partial charge in [-0.25, -0.2) is 10.2 Å². The Morgan fingerprint density at radius 1 is 0.891 bits per heavy atom. The van der Waals surface area contributed by atoms with Gasteiger partial charge in [0.1, 0.15) is 11.4 Å². The smallest absolute Gasteiger partial charge is 0.418 e. The lowest BCUT2D eigenvalue weighted by Crippen LogP contribution is -2.19. The number of ether oxygens (including phenoxy) is 3. The van der Waals surface area contributed by atoms with Crippen molar-refractivity contribution in [1.82, 2.24) is 10.4 Å². The number of nitrogens with zero attached hydrogens (tertiary/aromatic N) is 1. The van der Waals surface area contributed by atoms with Gasteiger partial charge in [-0.2, -0.15) is 18.3 Å². The van der Waals surface area contributed by atoms with E-state index >= 15 is 0 Å². The Hall–Kier alpha value is -5.10. The van der Waals surface area contributed by atoms with Crippen molar-refractivity contribution in [3.8, 4) is 28.4 Å². The van der Waals surface area contributed by atoms with Gasteiger partial charge in [0.15, 0.2) is 11.5 Å². The summed E-state index contributed by atoms with van der Waals surface area (Å²) < 4.78 is 58.9. The Kier molecular flexibility index (Phi) is 9.76. The molecule has 1 aromatic heterocycles. The Balaban J connectivity index is 1.42. The zero-order chi connectivity index (χ0) is 32.8. The maximum Gasteiger partial charge on any atom is 0.418 e. The Labute approximate surface area is 270 Å². The average molecular weight is 695 g/mol. The van der Waals surface area contributed by atoms with Gasteiger partial charge in [0, 0.05) is 21.0 Å². The largest absolute Gasteiger partial charge is 0.490 e. The SMILES string of the molecule is CCOc1ccc(C(=O)Oc2ccc(Br)cc2C=NNC(=O)c2[nH]c3c(C(F)(F)F)cccc3c2-c2ccccc2)cc1OCC. The van der Waals surface area contributed by atoms with Crippen molar-refractivity contribution in [2.75, 3.05) is 13.2 Å². The number of hydrogen-bond donors (Lipinski definition) is 2. The number of para-hydroxylation sites is 1. The minimum Gasteiger partial charge on any atom is -0.490 e. The van der Waals surface area contributed by atoms with Gasteiger partial charge in [0.05, 0.1) is 36.1 Å². The van der Waals surface area contributed by atoms with Crippen LogP contribution in [0.3, 0.4) is 0 Å². The maximum atomic E-state index is 13.8. The minimum atomic E-state index is -4.64. The second-order valence-electron chi connectivity index (χ2n) is 9.77. The van der Waals surface area contributed by atoms with Crippen LogP contribution in [0, 0.1) is 0 Å². The molecule has 46 heavy (non-hydrogen) atoms. The third-order valence-corrected chi connectivity index (χ3v) is 7.25. The number of hydrogen-bond acceptors (Lipinski definition) is 6. The predicted molar refractivity (Wildman–Crippen MR) is 172 cm³/mol. The van der Waals surface area contributed by atoms with Crippen LogP contribution in [0.1, 0.15) is 45.8 Å². The third-order valence-electron chi connectivity index (χ3n) is 6.75. The van der Waals surface area contributed by atoms with Crippen molar-refractivity contribution < 1.29 is 37.0 Å². The van der Waals surface area contributed by atoms with E-state index in [1.165, 1.54) is 24.4 Å². The lowest BCUT2D eigenvalue weighted by atomic mass is 10.0. The van der Waals surface area contributed by atoms with Crippen molar-refractivity contribution >= 4 is 44.9 Å². The summed E-state index contributed by atoms with van der Waals surface area (Å²) in [7, 11) is 0. The molecule has 12 heteroatoms. The number of H-pyrrole nitrogens is 1. The van der Waals surface area contributed by atoms with Crippen LogP contribution in [0.2, 0.25) is 0 Å². The highest BCUT2D eigenvalue weighted by Gasteiger charge is 2.34. The number of aromatic nitrogens is 1. The monoisotopic (exact) mass is 693 g/mol. The van der Waals surface area contributed by atoms with Crippen molar-refractivity contribution in [2.45, 2.75) is 20.0 Å². The lowest BCUT2D eigenvalue weighted by Gasteiger charge is -2.13. The first-order valence-electron chi connectivity index (χ1n) is 14.1. The van der Waals surface area contributed by atoms with E-state index in [2.05, 4.69) is 31.4 Å². The summed E-state index contributed by atoms with van der Waals surface area (Å²) in [6.07, 6.45) is -3.38. The molecule has 0 saturated carbocycles. The number of halogens is 4. The van der Waals surface area contributed by atoms with Gasteiger partial charge in [0.2, 0.25) is 0 Å². The minimum absolute atomic E-state index is 0.100. The molecular weight excluding hydrogens is 667 g/mol. The van der Waals surface area contributed by atoms with E-state index < -0.39 is 23.6 Å². The summed E-state index contributed by atoms with van der Waals surface area (Å²) >= 11 is 3.38.